The Morgan fingerprint density at radius 1 is 1.04 bits per heavy atom. The number of hydrogen-bond donors (Lipinski definition) is 0. The predicted molar refractivity (Wildman–Crippen MR) is 83.2 cm³/mol. The van der Waals surface area contributed by atoms with Crippen LogP contribution in [-0.2, 0) is 6.42 Å². The van der Waals surface area contributed by atoms with Crippen LogP contribution >= 0.6 is 0 Å². The molecule has 116 valence electrons. The van der Waals surface area contributed by atoms with Gasteiger partial charge < -0.3 is 0 Å². The van der Waals surface area contributed by atoms with Gasteiger partial charge in [0, 0.05) is 0 Å². The second kappa shape index (κ2) is 6.39. The van der Waals surface area contributed by atoms with E-state index in [1.807, 2.05) is 30.3 Å². The summed E-state index contributed by atoms with van der Waals surface area (Å²) in [6, 6.07) is 13.6. The molecule has 23 heavy (non-hydrogen) atoms. The zero-order chi connectivity index (χ0) is 16.4. The first-order chi connectivity index (χ1) is 10.9. The first kappa shape index (κ1) is 16.1. The fourth-order valence-corrected chi connectivity index (χ4v) is 4.34. The molecule has 2 radical (unpaired) electrons. The normalized spacial score (nSPS) is 11.8. The molecule has 0 spiro atoms. The first-order valence-electron chi connectivity index (χ1n) is 6.86. The zero-order valence-corrected chi connectivity index (χ0v) is 14.7. The summed E-state index contributed by atoms with van der Waals surface area (Å²) in [6.45, 7) is 0. The summed E-state index contributed by atoms with van der Waals surface area (Å²) in [5.41, 5.74) is 1.49. The van der Waals surface area contributed by atoms with E-state index < -0.39 is 25.3 Å². The summed E-state index contributed by atoms with van der Waals surface area (Å²) in [7, 11) is 0. The van der Waals surface area contributed by atoms with Crippen molar-refractivity contribution in [1.29, 1.82) is 0 Å². The summed E-state index contributed by atoms with van der Waals surface area (Å²) in [5.74, 6) is 0. The number of hydrogen-bond acceptors (Lipinski definition) is 2. The number of halogens is 3. The standard InChI is InChI=1S/C16H11O2.CF3.Sn/c17-16-13(10-12-6-2-1-3-7-12)11-18-15-9-5-4-8-14(15)16;2-1(3)4;/h1-4,6-9,11H,10H2;;. The van der Waals surface area contributed by atoms with Gasteiger partial charge in [0.2, 0.25) is 0 Å². The fraction of sp³-hybridized carbons (Fsp3) is 0.118. The molecule has 0 aliphatic rings. The Bertz CT molecular complexity index is 886. The average molecular weight is 423 g/mol. The van der Waals surface area contributed by atoms with Gasteiger partial charge in [0.15, 0.2) is 0 Å². The summed E-state index contributed by atoms with van der Waals surface area (Å²) >= 11 is -2.69. The molecule has 0 saturated carbocycles. The molecule has 0 bridgehead atoms. The van der Waals surface area contributed by atoms with Gasteiger partial charge >= 0.3 is 140 Å². The summed E-state index contributed by atoms with van der Waals surface area (Å²) in [4.78, 5) is 12.5. The van der Waals surface area contributed by atoms with Gasteiger partial charge in [0.1, 0.15) is 0 Å². The van der Waals surface area contributed by atoms with Crippen LogP contribution in [0.25, 0.3) is 11.0 Å². The quantitative estimate of drug-likeness (QED) is 0.606. The van der Waals surface area contributed by atoms with Crippen molar-refractivity contribution >= 4 is 35.7 Å². The van der Waals surface area contributed by atoms with Crippen molar-refractivity contribution in [1.82, 2.24) is 0 Å². The molecular weight excluding hydrogens is 412 g/mol. The molecule has 0 saturated heterocycles. The van der Waals surface area contributed by atoms with Crippen molar-refractivity contribution < 1.29 is 17.6 Å². The van der Waals surface area contributed by atoms with Crippen LogP contribution in [0.15, 0.2) is 64.0 Å². The maximum atomic E-state index is 12.5. The summed E-state index contributed by atoms with van der Waals surface area (Å²) < 4.78 is 39.1. The molecule has 2 aromatic carbocycles. The van der Waals surface area contributed by atoms with Crippen LogP contribution in [0.1, 0.15) is 11.1 Å². The number of benzene rings is 2. The predicted octanol–water partition coefficient (Wildman–Crippen LogP) is 3.23. The number of fused-ring (bicyclic) bond motifs is 1. The third-order valence-electron chi connectivity index (χ3n) is 3.37. The van der Waals surface area contributed by atoms with Gasteiger partial charge in [0.05, 0.1) is 0 Å². The molecule has 0 fully saturated rings. The van der Waals surface area contributed by atoms with Crippen molar-refractivity contribution in [2.75, 3.05) is 0 Å². The van der Waals surface area contributed by atoms with Gasteiger partial charge in [-0.3, -0.25) is 0 Å². The Balaban J connectivity index is 1.97. The van der Waals surface area contributed by atoms with E-state index in [1.54, 1.807) is 0 Å². The van der Waals surface area contributed by atoms with E-state index in [1.165, 1.54) is 24.5 Å². The second-order valence-corrected chi connectivity index (χ2v) is 9.07. The van der Waals surface area contributed by atoms with Crippen molar-refractivity contribution in [3.05, 3.63) is 76.1 Å². The van der Waals surface area contributed by atoms with Gasteiger partial charge in [-0.2, -0.15) is 0 Å². The minimum atomic E-state index is -4.12. The fourth-order valence-electron chi connectivity index (χ4n) is 2.35. The monoisotopic (exact) mass is 424 g/mol. The zero-order valence-electron chi connectivity index (χ0n) is 11.9. The van der Waals surface area contributed by atoms with Crippen molar-refractivity contribution in [2.45, 2.75) is 10.6 Å². The molecule has 1 heterocycles. The van der Waals surface area contributed by atoms with E-state index >= 15 is 0 Å². The van der Waals surface area contributed by atoms with Crippen LogP contribution in [0.3, 0.4) is 0 Å². The van der Waals surface area contributed by atoms with Gasteiger partial charge in [-0.05, 0) is 0 Å². The van der Waals surface area contributed by atoms with E-state index in [-0.39, 0.29) is 14.6 Å². The average Bonchev–Trinajstić information content (AvgIpc) is 2.50. The molecular formula is C17H11F3O2Sn. The van der Waals surface area contributed by atoms with Crippen LogP contribution in [0, 0.1) is 0 Å². The molecule has 0 atom stereocenters. The van der Waals surface area contributed by atoms with Gasteiger partial charge in [-0.25, -0.2) is 0 Å². The van der Waals surface area contributed by atoms with Gasteiger partial charge in [-0.15, -0.1) is 0 Å². The third-order valence-corrected chi connectivity index (χ3v) is 5.89. The van der Waals surface area contributed by atoms with Crippen LogP contribution in [0.5, 0.6) is 0 Å². The molecule has 3 aromatic rings. The molecule has 6 heteroatoms. The Labute approximate surface area is 140 Å². The third kappa shape index (κ3) is 3.96. The Kier molecular flexibility index (Phi) is 4.48. The molecule has 2 nitrogen and oxygen atoms in total. The summed E-state index contributed by atoms with van der Waals surface area (Å²) in [5, 5.41) is 0.323. The topological polar surface area (TPSA) is 30.2 Å². The molecule has 0 unspecified atom stereocenters. The van der Waals surface area contributed by atoms with E-state index in [4.69, 9.17) is 4.42 Å². The Morgan fingerprint density at radius 2 is 1.78 bits per heavy atom. The van der Waals surface area contributed by atoms with E-state index in [2.05, 4.69) is 0 Å². The van der Waals surface area contributed by atoms with Crippen molar-refractivity contribution in [2.24, 2.45) is 0 Å². The molecule has 0 aliphatic heterocycles. The van der Waals surface area contributed by atoms with Crippen LogP contribution in [-0.4, -0.2) is 25.3 Å². The number of rotatable bonds is 3. The van der Waals surface area contributed by atoms with Gasteiger partial charge in [0.25, 0.3) is 0 Å². The molecule has 1 aromatic heterocycles. The van der Waals surface area contributed by atoms with E-state index in [9.17, 15) is 18.0 Å². The van der Waals surface area contributed by atoms with Crippen molar-refractivity contribution in [3.63, 3.8) is 0 Å². The Morgan fingerprint density at radius 3 is 2.48 bits per heavy atom. The van der Waals surface area contributed by atoms with Gasteiger partial charge in [-0.1, -0.05) is 0 Å². The Hall–Kier alpha value is -1.76. The van der Waals surface area contributed by atoms with Crippen LogP contribution < -0.4 is 9.01 Å². The van der Waals surface area contributed by atoms with Crippen LogP contribution in [0.4, 0.5) is 13.2 Å². The number of alkyl halides is 3. The molecule has 0 aliphatic carbocycles. The van der Waals surface area contributed by atoms with Crippen molar-refractivity contribution in [3.8, 4) is 0 Å². The maximum absolute atomic E-state index is 12.5. The molecule has 3 rings (SSSR count). The molecule has 0 amide bonds. The van der Waals surface area contributed by atoms with Crippen LogP contribution in [0.2, 0.25) is 0 Å². The second-order valence-electron chi connectivity index (χ2n) is 5.09. The SMILES string of the molecule is O=c1c(Cc2ccccc2)coc2c[c]([Sn][C](F)(F)F)ccc12. The minimum absolute atomic E-state index is 0.195. The van der Waals surface area contributed by atoms with E-state index in [0.29, 0.717) is 17.4 Å². The first-order valence-corrected chi connectivity index (χ1v) is 9.71. The summed E-state index contributed by atoms with van der Waals surface area (Å²) in [6.07, 6.45) is 1.78. The van der Waals surface area contributed by atoms with E-state index in [0.717, 1.165) is 5.56 Å². The molecule has 0 N–H and O–H groups in total.